The maximum Gasteiger partial charge on any atom is 0.280 e. The quantitative estimate of drug-likeness (QED) is 0.673. The summed E-state index contributed by atoms with van der Waals surface area (Å²) in [6.45, 7) is 0.729. The molecule has 1 aromatic carbocycles. The molecule has 10 heteroatoms. The van der Waals surface area contributed by atoms with Crippen LogP contribution in [0.25, 0.3) is 11.0 Å². The van der Waals surface area contributed by atoms with E-state index in [0.717, 1.165) is 5.56 Å². The minimum absolute atomic E-state index is 0. The van der Waals surface area contributed by atoms with Gasteiger partial charge in [0.2, 0.25) is 0 Å². The number of nitrogens with zero attached hydrogens (tertiary/aromatic N) is 4. The Labute approximate surface area is 166 Å². The minimum atomic E-state index is -2.90. The Kier molecular flexibility index (Phi) is 6.04. The number of nitrogens with one attached hydrogen (secondary N) is 2. The standard InChI is InChI=1S/C18H19F3N6.ClH/c19-13-3-1-12(2-4-13)5-7-27-8-6-15(18(20,21)10-27)25-16-14-9-24-26-17(14)23-11-22-16;/h1-4,9,11,15H,5-8,10H2,(H2,22,23,24,25,26);1H. The molecule has 0 aliphatic carbocycles. The third-order valence-electron chi connectivity index (χ3n) is 4.87. The number of likely N-dealkylation sites (tertiary alicyclic amines) is 1. The van der Waals surface area contributed by atoms with Crippen LogP contribution in [0.3, 0.4) is 0 Å². The molecular formula is C18H20ClF3N6. The van der Waals surface area contributed by atoms with Crippen molar-refractivity contribution in [1.29, 1.82) is 0 Å². The molecule has 3 heterocycles. The number of aromatic amines is 1. The van der Waals surface area contributed by atoms with Crippen molar-refractivity contribution < 1.29 is 13.2 Å². The molecule has 28 heavy (non-hydrogen) atoms. The molecule has 1 aliphatic heterocycles. The second-order valence-electron chi connectivity index (χ2n) is 6.75. The number of halogens is 4. The van der Waals surface area contributed by atoms with Crippen molar-refractivity contribution >= 4 is 29.3 Å². The fourth-order valence-corrected chi connectivity index (χ4v) is 3.36. The number of piperidine rings is 1. The van der Waals surface area contributed by atoms with Crippen LogP contribution < -0.4 is 5.32 Å². The van der Waals surface area contributed by atoms with Crippen LogP contribution in [-0.4, -0.2) is 56.7 Å². The van der Waals surface area contributed by atoms with Gasteiger partial charge in [-0.3, -0.25) is 10.00 Å². The van der Waals surface area contributed by atoms with Gasteiger partial charge in [0.25, 0.3) is 5.92 Å². The maximum absolute atomic E-state index is 14.7. The number of alkyl halides is 2. The minimum Gasteiger partial charge on any atom is -0.360 e. The summed E-state index contributed by atoms with van der Waals surface area (Å²) in [5.41, 5.74) is 1.44. The SMILES string of the molecule is Cl.Fc1ccc(CCN2CCC(Nc3ncnc4[nH]ncc34)C(F)(F)C2)cc1. The predicted molar refractivity (Wildman–Crippen MR) is 102 cm³/mol. The molecule has 4 rings (SSSR count). The lowest BCUT2D eigenvalue weighted by molar-refractivity contribution is -0.0734. The van der Waals surface area contributed by atoms with Gasteiger partial charge in [-0.25, -0.2) is 23.1 Å². The highest BCUT2D eigenvalue weighted by molar-refractivity contribution is 5.86. The smallest absolute Gasteiger partial charge is 0.280 e. The van der Waals surface area contributed by atoms with Crippen LogP contribution in [0, 0.1) is 5.82 Å². The van der Waals surface area contributed by atoms with Gasteiger partial charge in [-0.2, -0.15) is 5.10 Å². The van der Waals surface area contributed by atoms with Crippen molar-refractivity contribution in [3.63, 3.8) is 0 Å². The summed E-state index contributed by atoms with van der Waals surface area (Å²) in [6, 6.07) is 5.14. The monoisotopic (exact) mass is 412 g/mol. The Bertz CT molecular complexity index is 917. The zero-order chi connectivity index (χ0) is 18.9. The second-order valence-corrected chi connectivity index (χ2v) is 6.75. The number of aromatic nitrogens is 4. The molecule has 0 radical (unpaired) electrons. The molecule has 1 fully saturated rings. The zero-order valence-corrected chi connectivity index (χ0v) is 15.7. The van der Waals surface area contributed by atoms with Crippen LogP contribution in [0.2, 0.25) is 0 Å². The Morgan fingerprint density at radius 2 is 2.00 bits per heavy atom. The first-order chi connectivity index (χ1) is 13.0. The molecule has 0 saturated carbocycles. The lowest BCUT2D eigenvalue weighted by Gasteiger charge is -2.38. The average Bonchev–Trinajstić information content (AvgIpc) is 3.13. The van der Waals surface area contributed by atoms with Crippen LogP contribution in [0.1, 0.15) is 12.0 Å². The van der Waals surface area contributed by atoms with E-state index in [0.29, 0.717) is 42.8 Å². The van der Waals surface area contributed by atoms with Gasteiger partial charge >= 0.3 is 0 Å². The third kappa shape index (κ3) is 4.36. The van der Waals surface area contributed by atoms with Crippen LogP contribution in [0.15, 0.2) is 36.8 Å². The number of hydrogen-bond acceptors (Lipinski definition) is 5. The number of hydrogen-bond donors (Lipinski definition) is 2. The molecule has 0 bridgehead atoms. The van der Waals surface area contributed by atoms with Crippen molar-refractivity contribution in [3.05, 3.63) is 48.2 Å². The van der Waals surface area contributed by atoms with Gasteiger partial charge in [-0.1, -0.05) is 12.1 Å². The zero-order valence-electron chi connectivity index (χ0n) is 14.9. The van der Waals surface area contributed by atoms with E-state index in [1.807, 2.05) is 0 Å². The van der Waals surface area contributed by atoms with Crippen LogP contribution in [-0.2, 0) is 6.42 Å². The summed E-state index contributed by atoms with van der Waals surface area (Å²) in [4.78, 5) is 9.84. The Morgan fingerprint density at radius 1 is 1.21 bits per heavy atom. The summed E-state index contributed by atoms with van der Waals surface area (Å²) < 4.78 is 42.3. The van der Waals surface area contributed by atoms with Crippen LogP contribution in [0.4, 0.5) is 19.0 Å². The van der Waals surface area contributed by atoms with E-state index in [-0.39, 0.29) is 24.8 Å². The molecule has 0 spiro atoms. The summed E-state index contributed by atoms with van der Waals surface area (Å²) in [7, 11) is 0. The second kappa shape index (κ2) is 8.32. The number of fused-ring (bicyclic) bond motifs is 1. The number of benzene rings is 1. The van der Waals surface area contributed by atoms with Gasteiger partial charge in [0.15, 0.2) is 5.65 Å². The topological polar surface area (TPSA) is 69.7 Å². The number of rotatable bonds is 5. The van der Waals surface area contributed by atoms with Gasteiger partial charge in [-0.05, 0) is 30.5 Å². The van der Waals surface area contributed by atoms with E-state index < -0.39 is 12.0 Å². The highest BCUT2D eigenvalue weighted by Gasteiger charge is 2.44. The molecular weight excluding hydrogens is 393 g/mol. The molecule has 1 atom stereocenters. The van der Waals surface area contributed by atoms with E-state index in [2.05, 4.69) is 25.5 Å². The van der Waals surface area contributed by atoms with E-state index in [4.69, 9.17) is 0 Å². The predicted octanol–water partition coefficient (Wildman–Crippen LogP) is 3.28. The molecule has 0 amide bonds. The van der Waals surface area contributed by atoms with E-state index in [1.165, 1.54) is 24.7 Å². The molecule has 150 valence electrons. The van der Waals surface area contributed by atoms with Crippen molar-refractivity contribution in [2.24, 2.45) is 0 Å². The van der Waals surface area contributed by atoms with E-state index in [9.17, 15) is 13.2 Å². The first-order valence-electron chi connectivity index (χ1n) is 8.76. The summed E-state index contributed by atoms with van der Waals surface area (Å²) >= 11 is 0. The summed E-state index contributed by atoms with van der Waals surface area (Å²) in [6.07, 6.45) is 3.74. The fourth-order valence-electron chi connectivity index (χ4n) is 3.36. The lowest BCUT2D eigenvalue weighted by Crippen LogP contribution is -2.54. The molecule has 2 N–H and O–H groups in total. The first kappa shape index (κ1) is 20.3. The lowest BCUT2D eigenvalue weighted by atomic mass is 10.00. The van der Waals surface area contributed by atoms with Crippen molar-refractivity contribution in [2.75, 3.05) is 25.0 Å². The average molecular weight is 413 g/mol. The molecule has 1 saturated heterocycles. The molecule has 2 aromatic heterocycles. The van der Waals surface area contributed by atoms with Crippen molar-refractivity contribution in [1.82, 2.24) is 25.1 Å². The molecule has 1 aliphatic rings. The molecule has 6 nitrogen and oxygen atoms in total. The highest BCUT2D eigenvalue weighted by atomic mass is 35.5. The van der Waals surface area contributed by atoms with Crippen LogP contribution >= 0.6 is 12.4 Å². The van der Waals surface area contributed by atoms with Gasteiger partial charge in [0.05, 0.1) is 24.2 Å². The summed E-state index contributed by atoms with van der Waals surface area (Å²) in [5, 5.41) is 10.0. The van der Waals surface area contributed by atoms with Gasteiger partial charge < -0.3 is 5.32 Å². The van der Waals surface area contributed by atoms with Crippen molar-refractivity contribution in [2.45, 2.75) is 24.8 Å². The highest BCUT2D eigenvalue weighted by Crippen LogP contribution is 2.31. The Hall–Kier alpha value is -2.39. The Balaban J connectivity index is 0.00000225. The molecule has 1 unspecified atom stereocenters. The summed E-state index contributed by atoms with van der Waals surface area (Å²) in [5.74, 6) is -2.84. The maximum atomic E-state index is 14.7. The van der Waals surface area contributed by atoms with Gasteiger partial charge in [0.1, 0.15) is 18.0 Å². The van der Waals surface area contributed by atoms with Crippen molar-refractivity contribution in [3.8, 4) is 0 Å². The largest absolute Gasteiger partial charge is 0.360 e. The van der Waals surface area contributed by atoms with Crippen LogP contribution in [0.5, 0.6) is 0 Å². The Morgan fingerprint density at radius 3 is 2.75 bits per heavy atom. The number of anilines is 1. The van der Waals surface area contributed by atoms with E-state index >= 15 is 0 Å². The first-order valence-corrected chi connectivity index (χ1v) is 8.76. The normalized spacial score (nSPS) is 19.3. The van der Waals surface area contributed by atoms with Gasteiger partial charge in [0, 0.05) is 13.1 Å². The molecule has 3 aromatic rings. The van der Waals surface area contributed by atoms with E-state index in [1.54, 1.807) is 17.0 Å². The fraction of sp³-hybridized carbons (Fsp3) is 0.389. The number of H-pyrrole nitrogens is 1. The third-order valence-corrected chi connectivity index (χ3v) is 4.87. The van der Waals surface area contributed by atoms with Gasteiger partial charge in [-0.15, -0.1) is 12.4 Å².